The summed E-state index contributed by atoms with van der Waals surface area (Å²) in [5.41, 5.74) is 0.141. The van der Waals surface area contributed by atoms with E-state index in [0.717, 1.165) is 11.8 Å². The molecule has 2 amide bonds. The lowest BCUT2D eigenvalue weighted by atomic mass is 10.2. The molecule has 0 aromatic heterocycles. The zero-order valence-electron chi connectivity index (χ0n) is 25.1. The Hall–Kier alpha value is -5.13. The van der Waals surface area contributed by atoms with Gasteiger partial charge in [-0.25, -0.2) is 0 Å². The van der Waals surface area contributed by atoms with Gasteiger partial charge < -0.3 is 20.0 Å². The van der Waals surface area contributed by atoms with E-state index in [1.54, 1.807) is 31.7 Å². The molecule has 0 radical (unpaired) electrons. The monoisotopic (exact) mass is 668 g/mol. The molecule has 0 unspecified atom stereocenters. The van der Waals surface area contributed by atoms with Gasteiger partial charge in [-0.3, -0.25) is 49.2 Å². The van der Waals surface area contributed by atoms with Crippen LogP contribution in [0.1, 0.15) is 11.1 Å². The van der Waals surface area contributed by atoms with Gasteiger partial charge in [-0.05, 0) is 35.4 Å². The number of hydrogen-bond acceptors (Lipinski definition) is 11. The van der Waals surface area contributed by atoms with E-state index in [9.17, 15) is 39.4 Å². The van der Waals surface area contributed by atoms with Crippen LogP contribution >= 0.6 is 11.8 Å². The van der Waals surface area contributed by atoms with Gasteiger partial charge in [-0.15, -0.1) is 0 Å². The standard InChI is InChI=1S/C30H32N6O10S/c37-27(33-13-9-31(10-14-33)19-29(39)40)7-3-21-1-5-25(23(17-21)35(43)44)47-26-6-2-22(18-24(26)36(45)46)4-8-28(38)34-15-11-32(12-16-34)20-30(41)42/h1-8,17-18H,9-16,19-20H2,(H,39,40)(H,41,42)/b7-3+,8-4+. The predicted molar refractivity (Wildman–Crippen MR) is 170 cm³/mol. The van der Waals surface area contributed by atoms with Gasteiger partial charge in [0.1, 0.15) is 0 Å². The van der Waals surface area contributed by atoms with Gasteiger partial charge in [-0.1, -0.05) is 23.9 Å². The number of carboxylic acid groups (broad SMARTS) is 2. The van der Waals surface area contributed by atoms with Gasteiger partial charge in [0.2, 0.25) is 11.8 Å². The van der Waals surface area contributed by atoms with Gasteiger partial charge in [-0.2, -0.15) is 0 Å². The van der Waals surface area contributed by atoms with E-state index in [1.165, 1.54) is 48.6 Å². The highest BCUT2D eigenvalue weighted by Gasteiger charge is 2.24. The largest absolute Gasteiger partial charge is 0.480 e. The molecule has 2 aromatic carbocycles. The van der Waals surface area contributed by atoms with Crippen LogP contribution in [0.2, 0.25) is 0 Å². The van der Waals surface area contributed by atoms with Crippen LogP contribution in [0.15, 0.2) is 58.3 Å². The number of nitro benzene ring substituents is 2. The zero-order chi connectivity index (χ0) is 34.1. The molecule has 0 aliphatic carbocycles. The predicted octanol–water partition coefficient (Wildman–Crippen LogP) is 2.14. The number of piperazine rings is 2. The van der Waals surface area contributed by atoms with Gasteiger partial charge in [0.05, 0.1) is 32.7 Å². The quantitative estimate of drug-likeness (QED) is 0.189. The fourth-order valence-electron chi connectivity index (χ4n) is 5.03. The second-order valence-electron chi connectivity index (χ2n) is 10.7. The van der Waals surface area contributed by atoms with Crippen LogP contribution in [0.5, 0.6) is 0 Å². The van der Waals surface area contributed by atoms with Gasteiger partial charge >= 0.3 is 11.9 Å². The maximum absolute atomic E-state index is 12.6. The van der Waals surface area contributed by atoms with E-state index < -0.39 is 21.8 Å². The summed E-state index contributed by atoms with van der Waals surface area (Å²) in [4.78, 5) is 76.5. The molecule has 2 aliphatic rings. The Kier molecular flexibility index (Phi) is 11.8. The maximum atomic E-state index is 12.6. The maximum Gasteiger partial charge on any atom is 0.317 e. The Labute approximate surface area is 272 Å². The highest BCUT2D eigenvalue weighted by molar-refractivity contribution is 7.99. The number of rotatable bonds is 12. The molecular weight excluding hydrogens is 636 g/mol. The molecule has 47 heavy (non-hydrogen) atoms. The number of aliphatic carboxylic acids is 2. The molecule has 16 nitrogen and oxygen atoms in total. The van der Waals surface area contributed by atoms with Crippen LogP contribution in [0, 0.1) is 20.2 Å². The Morgan fingerprint density at radius 2 is 1.02 bits per heavy atom. The second kappa shape index (κ2) is 15.9. The highest BCUT2D eigenvalue weighted by atomic mass is 32.2. The number of carboxylic acids is 2. The SMILES string of the molecule is O=C(O)CN1CCN(C(=O)/C=C/c2ccc(Sc3ccc(/C=C/C(=O)N4CCN(CC(=O)O)CC4)cc3[N+](=O)[O-])c([N+](=O)[O-])c2)CC1. The van der Waals surface area contributed by atoms with Crippen molar-refractivity contribution in [3.8, 4) is 0 Å². The first-order chi connectivity index (χ1) is 22.4. The molecule has 0 bridgehead atoms. The lowest BCUT2D eigenvalue weighted by Crippen LogP contribution is -2.49. The lowest BCUT2D eigenvalue weighted by molar-refractivity contribution is -0.388. The summed E-state index contributed by atoms with van der Waals surface area (Å²) in [7, 11) is 0. The summed E-state index contributed by atoms with van der Waals surface area (Å²) in [6.07, 6.45) is 5.46. The molecule has 2 saturated heterocycles. The van der Waals surface area contributed by atoms with Gasteiger partial charge in [0, 0.05) is 76.6 Å². The average Bonchev–Trinajstić information content (AvgIpc) is 3.03. The van der Waals surface area contributed by atoms with Crippen molar-refractivity contribution < 1.29 is 39.2 Å². The number of carbonyl (C=O) groups is 4. The minimum Gasteiger partial charge on any atom is -0.480 e. The van der Waals surface area contributed by atoms with E-state index >= 15 is 0 Å². The molecule has 2 aliphatic heterocycles. The van der Waals surface area contributed by atoms with Gasteiger partial charge in [0.15, 0.2) is 0 Å². The molecule has 0 spiro atoms. The van der Waals surface area contributed by atoms with Crippen molar-refractivity contribution in [3.05, 3.63) is 79.9 Å². The molecule has 0 saturated carbocycles. The van der Waals surface area contributed by atoms with Crippen LogP contribution < -0.4 is 0 Å². The van der Waals surface area contributed by atoms with Crippen LogP contribution in [-0.2, 0) is 19.2 Å². The normalized spacial score (nSPS) is 16.1. The van der Waals surface area contributed by atoms with E-state index in [2.05, 4.69) is 0 Å². The summed E-state index contributed by atoms with van der Waals surface area (Å²) < 4.78 is 0. The first-order valence-electron chi connectivity index (χ1n) is 14.5. The molecule has 248 valence electrons. The number of amides is 2. The summed E-state index contributed by atoms with van der Waals surface area (Å²) in [5, 5.41) is 41.7. The highest BCUT2D eigenvalue weighted by Crippen LogP contribution is 2.40. The van der Waals surface area contributed by atoms with Crippen LogP contribution in [0.3, 0.4) is 0 Å². The second-order valence-corrected chi connectivity index (χ2v) is 11.8. The third-order valence-corrected chi connectivity index (χ3v) is 8.63. The molecule has 17 heteroatoms. The Balaban J connectivity index is 1.41. The Bertz CT molecular complexity index is 1500. The summed E-state index contributed by atoms with van der Waals surface area (Å²) >= 11 is 0.843. The zero-order valence-corrected chi connectivity index (χ0v) is 25.9. The molecule has 4 rings (SSSR count). The molecule has 0 atom stereocenters. The molecule has 2 aromatic rings. The van der Waals surface area contributed by atoms with Crippen molar-refractivity contribution in [3.63, 3.8) is 0 Å². The molecule has 2 N–H and O–H groups in total. The summed E-state index contributed by atoms with van der Waals surface area (Å²) in [6, 6.07) is 8.55. The van der Waals surface area contributed by atoms with E-state index in [1.807, 2.05) is 0 Å². The van der Waals surface area contributed by atoms with E-state index in [0.29, 0.717) is 63.5 Å². The smallest absolute Gasteiger partial charge is 0.317 e. The van der Waals surface area contributed by atoms with Crippen molar-refractivity contribution in [2.45, 2.75) is 9.79 Å². The van der Waals surface area contributed by atoms with Crippen molar-refractivity contribution in [1.82, 2.24) is 19.6 Å². The molecular formula is C30H32N6O10S. The van der Waals surface area contributed by atoms with Gasteiger partial charge in [0.25, 0.3) is 11.4 Å². The third-order valence-electron chi connectivity index (χ3n) is 7.50. The minimum atomic E-state index is -0.941. The first-order valence-corrected chi connectivity index (χ1v) is 15.3. The fourth-order valence-corrected chi connectivity index (χ4v) is 6.02. The summed E-state index contributed by atoms with van der Waals surface area (Å²) in [5.74, 6) is -2.51. The van der Waals surface area contributed by atoms with Crippen LogP contribution in [0.25, 0.3) is 12.2 Å². The molecule has 2 fully saturated rings. The Morgan fingerprint density at radius 3 is 1.34 bits per heavy atom. The Morgan fingerprint density at radius 1 is 0.660 bits per heavy atom. The van der Waals surface area contributed by atoms with Crippen molar-refractivity contribution >= 4 is 59.0 Å². The minimum absolute atomic E-state index is 0.102. The third kappa shape index (κ3) is 9.93. The van der Waals surface area contributed by atoms with E-state index in [4.69, 9.17) is 10.2 Å². The molecule has 2 heterocycles. The average molecular weight is 669 g/mol. The van der Waals surface area contributed by atoms with Crippen molar-refractivity contribution in [1.29, 1.82) is 0 Å². The lowest BCUT2D eigenvalue weighted by Gasteiger charge is -2.33. The van der Waals surface area contributed by atoms with E-state index in [-0.39, 0.29) is 46.1 Å². The number of carbonyl (C=O) groups excluding carboxylic acids is 2. The van der Waals surface area contributed by atoms with Crippen molar-refractivity contribution in [2.75, 3.05) is 65.4 Å². The number of hydrogen-bond donors (Lipinski definition) is 2. The van der Waals surface area contributed by atoms with Crippen LogP contribution in [0.4, 0.5) is 11.4 Å². The van der Waals surface area contributed by atoms with Crippen molar-refractivity contribution in [2.24, 2.45) is 0 Å². The van der Waals surface area contributed by atoms with Crippen LogP contribution in [-0.4, -0.2) is 129 Å². The number of nitrogens with zero attached hydrogens (tertiary/aromatic N) is 6. The summed E-state index contributed by atoms with van der Waals surface area (Å²) in [6.45, 7) is 2.86. The fraction of sp³-hybridized carbons (Fsp3) is 0.333. The number of nitro groups is 2. The number of benzene rings is 2. The topological polar surface area (TPSA) is 208 Å². The first kappa shape index (κ1) is 34.7.